The highest BCUT2D eigenvalue weighted by molar-refractivity contribution is 6.21. The molecule has 2 heterocycles. The van der Waals surface area contributed by atoms with Gasteiger partial charge in [0.1, 0.15) is 0 Å². The van der Waals surface area contributed by atoms with Crippen LogP contribution in [0.25, 0.3) is 11.3 Å². The van der Waals surface area contributed by atoms with Gasteiger partial charge in [-0.1, -0.05) is 29.3 Å². The number of imidazole rings is 1. The highest BCUT2D eigenvalue weighted by Crippen LogP contribution is 2.24. The number of hydroxylamine groups is 2. The van der Waals surface area contributed by atoms with Gasteiger partial charge in [0.25, 0.3) is 11.8 Å². The highest BCUT2D eigenvalue weighted by atomic mass is 16.7. The number of aromatic amines is 1. The van der Waals surface area contributed by atoms with E-state index in [-0.39, 0.29) is 16.7 Å². The van der Waals surface area contributed by atoms with Crippen molar-refractivity contribution in [2.75, 3.05) is 0 Å². The molecule has 4 rings (SSSR count). The number of imide groups is 1. The van der Waals surface area contributed by atoms with Crippen molar-refractivity contribution in [1.29, 1.82) is 0 Å². The van der Waals surface area contributed by atoms with Crippen molar-refractivity contribution in [3.05, 3.63) is 77.7 Å². The molecule has 0 unspecified atom stereocenters. The average molecular weight is 333 g/mol. The lowest BCUT2D eigenvalue weighted by atomic mass is 10.1. The number of aromatic nitrogens is 2. The van der Waals surface area contributed by atoms with Crippen LogP contribution in [0.4, 0.5) is 0 Å². The Morgan fingerprint density at radius 1 is 0.960 bits per heavy atom. The minimum Gasteiger partial charge on any atom is -0.345 e. The van der Waals surface area contributed by atoms with Crippen LogP contribution in [0.3, 0.4) is 0 Å². The quantitative estimate of drug-likeness (QED) is 0.743. The predicted molar refractivity (Wildman–Crippen MR) is 86.4 cm³/mol. The van der Waals surface area contributed by atoms with Crippen LogP contribution in [0.15, 0.2) is 61.1 Å². The van der Waals surface area contributed by atoms with Crippen LogP contribution >= 0.6 is 0 Å². The molecule has 0 aliphatic carbocycles. The standard InChI is InChI=1S/C18H11N3O4/c22-16-13-3-1-2-4-14(13)17(23)21(16)25-18(24)12-7-5-11(6-8-12)15-9-19-10-20-15/h1-10H,(H,19,20). The Morgan fingerprint density at radius 3 is 2.16 bits per heavy atom. The van der Waals surface area contributed by atoms with Crippen LogP contribution in [0, 0.1) is 0 Å². The van der Waals surface area contributed by atoms with E-state index in [2.05, 4.69) is 9.97 Å². The molecule has 7 heteroatoms. The Bertz CT molecular complexity index is 943. The third kappa shape index (κ3) is 2.47. The topological polar surface area (TPSA) is 92.4 Å². The molecule has 0 bridgehead atoms. The summed E-state index contributed by atoms with van der Waals surface area (Å²) in [5.41, 5.74) is 2.31. The van der Waals surface area contributed by atoms with Crippen LogP contribution in [-0.2, 0) is 4.84 Å². The zero-order valence-corrected chi connectivity index (χ0v) is 12.8. The molecule has 2 aromatic carbocycles. The SMILES string of the molecule is O=C(ON1C(=O)c2ccccc2C1=O)c1ccc(-c2cnc[nH]2)cc1. The Labute approximate surface area is 141 Å². The van der Waals surface area contributed by atoms with Gasteiger partial charge in [-0.3, -0.25) is 9.59 Å². The number of H-pyrrole nitrogens is 1. The van der Waals surface area contributed by atoms with Gasteiger partial charge in [0.15, 0.2) is 0 Å². The first-order chi connectivity index (χ1) is 12.1. The van der Waals surface area contributed by atoms with Gasteiger partial charge in [-0.05, 0) is 29.8 Å². The largest absolute Gasteiger partial charge is 0.363 e. The fourth-order valence-electron chi connectivity index (χ4n) is 2.59. The van der Waals surface area contributed by atoms with Crippen molar-refractivity contribution < 1.29 is 19.2 Å². The molecule has 1 aliphatic rings. The summed E-state index contributed by atoms with van der Waals surface area (Å²) >= 11 is 0. The van der Waals surface area contributed by atoms with Crippen molar-refractivity contribution in [1.82, 2.24) is 15.0 Å². The van der Waals surface area contributed by atoms with Crippen LogP contribution in [-0.4, -0.2) is 32.8 Å². The summed E-state index contributed by atoms with van der Waals surface area (Å²) < 4.78 is 0. The second-order valence-electron chi connectivity index (χ2n) is 5.37. The molecule has 0 radical (unpaired) electrons. The monoisotopic (exact) mass is 333 g/mol. The number of nitrogens with one attached hydrogen (secondary N) is 1. The summed E-state index contributed by atoms with van der Waals surface area (Å²) in [4.78, 5) is 48.6. The summed E-state index contributed by atoms with van der Waals surface area (Å²) in [5, 5.41) is 0.496. The third-order valence-corrected chi connectivity index (χ3v) is 3.86. The molecule has 25 heavy (non-hydrogen) atoms. The number of carbonyl (C=O) groups is 3. The second-order valence-corrected chi connectivity index (χ2v) is 5.37. The smallest absolute Gasteiger partial charge is 0.345 e. The molecule has 1 N–H and O–H groups in total. The first-order valence-corrected chi connectivity index (χ1v) is 7.44. The van der Waals surface area contributed by atoms with Crippen molar-refractivity contribution in [3.63, 3.8) is 0 Å². The normalized spacial score (nSPS) is 13.0. The van der Waals surface area contributed by atoms with E-state index in [1.807, 2.05) is 0 Å². The van der Waals surface area contributed by atoms with Crippen molar-refractivity contribution in [2.24, 2.45) is 0 Å². The van der Waals surface area contributed by atoms with Gasteiger partial charge in [-0.2, -0.15) is 0 Å². The van der Waals surface area contributed by atoms with Crippen molar-refractivity contribution in [2.45, 2.75) is 0 Å². The molecule has 1 aromatic heterocycles. The molecule has 3 aromatic rings. The van der Waals surface area contributed by atoms with Crippen molar-refractivity contribution >= 4 is 17.8 Å². The van der Waals surface area contributed by atoms with Gasteiger partial charge in [0.05, 0.1) is 34.9 Å². The van der Waals surface area contributed by atoms with Gasteiger partial charge in [0, 0.05) is 0 Å². The van der Waals surface area contributed by atoms with Gasteiger partial charge in [0.2, 0.25) is 0 Å². The molecule has 0 fully saturated rings. The molecule has 7 nitrogen and oxygen atoms in total. The van der Waals surface area contributed by atoms with E-state index in [0.717, 1.165) is 11.3 Å². The van der Waals surface area contributed by atoms with E-state index in [9.17, 15) is 14.4 Å². The zero-order valence-electron chi connectivity index (χ0n) is 12.8. The van der Waals surface area contributed by atoms with Crippen LogP contribution < -0.4 is 0 Å². The minimum absolute atomic E-state index is 0.217. The summed E-state index contributed by atoms with van der Waals surface area (Å²) in [6, 6.07) is 12.9. The summed E-state index contributed by atoms with van der Waals surface area (Å²) in [6.07, 6.45) is 3.21. The summed E-state index contributed by atoms with van der Waals surface area (Å²) in [6.45, 7) is 0. The second kappa shape index (κ2) is 5.72. The number of fused-ring (bicyclic) bond motifs is 1. The molecule has 0 saturated carbocycles. The number of benzene rings is 2. The molecule has 0 saturated heterocycles. The van der Waals surface area contributed by atoms with E-state index < -0.39 is 17.8 Å². The van der Waals surface area contributed by atoms with Crippen LogP contribution in [0.1, 0.15) is 31.1 Å². The predicted octanol–water partition coefficient (Wildman–Crippen LogP) is 2.44. The molecular weight excluding hydrogens is 322 g/mol. The lowest BCUT2D eigenvalue weighted by Gasteiger charge is -2.12. The molecule has 0 atom stereocenters. The third-order valence-electron chi connectivity index (χ3n) is 3.86. The maximum atomic E-state index is 12.3. The maximum Gasteiger partial charge on any atom is 0.363 e. The minimum atomic E-state index is -0.786. The Balaban J connectivity index is 1.53. The van der Waals surface area contributed by atoms with Crippen molar-refractivity contribution in [3.8, 4) is 11.3 Å². The summed E-state index contributed by atoms with van der Waals surface area (Å²) in [5.74, 6) is -2.09. The Morgan fingerprint density at radius 2 is 1.60 bits per heavy atom. The fraction of sp³-hybridized carbons (Fsp3) is 0. The van der Waals surface area contributed by atoms with Crippen LogP contribution in [0.2, 0.25) is 0 Å². The molecule has 1 aliphatic heterocycles. The number of rotatable bonds is 3. The Kier molecular flexibility index (Phi) is 3.39. The molecular formula is C18H11N3O4. The van der Waals surface area contributed by atoms with Gasteiger partial charge >= 0.3 is 5.97 Å². The molecule has 122 valence electrons. The van der Waals surface area contributed by atoms with E-state index in [4.69, 9.17) is 4.84 Å². The van der Waals surface area contributed by atoms with E-state index in [0.29, 0.717) is 5.06 Å². The van der Waals surface area contributed by atoms with E-state index in [1.54, 1.807) is 48.9 Å². The Hall–Kier alpha value is -3.74. The van der Waals surface area contributed by atoms with Gasteiger partial charge < -0.3 is 9.82 Å². The lowest BCUT2D eigenvalue weighted by Crippen LogP contribution is -2.32. The zero-order chi connectivity index (χ0) is 17.4. The van der Waals surface area contributed by atoms with Crippen LogP contribution in [0.5, 0.6) is 0 Å². The fourth-order valence-corrected chi connectivity index (χ4v) is 2.59. The average Bonchev–Trinajstić information content (AvgIpc) is 3.26. The van der Waals surface area contributed by atoms with Gasteiger partial charge in [-0.25, -0.2) is 9.78 Å². The molecule has 0 spiro atoms. The first-order valence-electron chi connectivity index (χ1n) is 7.44. The lowest BCUT2D eigenvalue weighted by molar-refractivity contribution is -0.0584. The number of amides is 2. The number of carbonyl (C=O) groups excluding carboxylic acids is 3. The van der Waals surface area contributed by atoms with E-state index in [1.165, 1.54) is 12.1 Å². The number of hydrogen-bond acceptors (Lipinski definition) is 5. The molecule has 2 amide bonds. The van der Waals surface area contributed by atoms with E-state index >= 15 is 0 Å². The van der Waals surface area contributed by atoms with Gasteiger partial charge in [-0.15, -0.1) is 0 Å². The maximum absolute atomic E-state index is 12.3. The first kappa shape index (κ1) is 14.8. The summed E-state index contributed by atoms with van der Waals surface area (Å²) in [7, 11) is 0. The number of hydrogen-bond donors (Lipinski definition) is 1. The highest BCUT2D eigenvalue weighted by Gasteiger charge is 2.38. The number of nitrogens with zero attached hydrogens (tertiary/aromatic N) is 2.